The van der Waals surface area contributed by atoms with E-state index in [-0.39, 0.29) is 0 Å². The van der Waals surface area contributed by atoms with Gasteiger partial charge in [0.05, 0.1) is 0 Å². The molecular weight excluding hydrogens is 208 g/mol. The summed E-state index contributed by atoms with van der Waals surface area (Å²) in [6, 6.07) is 0.707. The molecule has 1 N–H and O–H groups in total. The van der Waals surface area contributed by atoms with Gasteiger partial charge in [-0.15, -0.1) is 0 Å². The first-order valence-electron chi connectivity index (χ1n) is 7.75. The largest absolute Gasteiger partial charge is 0.314 e. The van der Waals surface area contributed by atoms with Gasteiger partial charge in [-0.3, -0.25) is 0 Å². The Balaban J connectivity index is 1.67. The molecule has 1 heterocycles. The highest BCUT2D eigenvalue weighted by molar-refractivity contribution is 4.82. The monoisotopic (exact) mass is 238 g/mol. The van der Waals surface area contributed by atoms with Crippen molar-refractivity contribution in [2.45, 2.75) is 58.4 Å². The molecule has 0 aromatic carbocycles. The summed E-state index contributed by atoms with van der Waals surface area (Å²) < 4.78 is 0. The lowest BCUT2D eigenvalue weighted by atomic mass is 9.91. The van der Waals surface area contributed by atoms with Gasteiger partial charge in [0.25, 0.3) is 0 Å². The van der Waals surface area contributed by atoms with Crippen molar-refractivity contribution in [2.75, 3.05) is 26.2 Å². The molecule has 0 aromatic rings. The van der Waals surface area contributed by atoms with E-state index >= 15 is 0 Å². The Hall–Kier alpha value is -0.0800. The smallest absolute Gasteiger partial charge is 0.00792 e. The zero-order valence-electron chi connectivity index (χ0n) is 11.8. The number of nitrogens with zero attached hydrogens (tertiary/aromatic N) is 1. The second-order valence-electron chi connectivity index (χ2n) is 6.18. The van der Waals surface area contributed by atoms with Crippen LogP contribution >= 0.6 is 0 Å². The molecule has 0 bridgehead atoms. The molecule has 2 rings (SSSR count). The van der Waals surface area contributed by atoms with Crippen LogP contribution in [-0.4, -0.2) is 37.1 Å². The van der Waals surface area contributed by atoms with Crippen LogP contribution in [0.1, 0.15) is 52.4 Å². The minimum atomic E-state index is 0.707. The van der Waals surface area contributed by atoms with Gasteiger partial charge >= 0.3 is 0 Å². The van der Waals surface area contributed by atoms with Crippen LogP contribution in [0.4, 0.5) is 0 Å². The van der Waals surface area contributed by atoms with Crippen molar-refractivity contribution in [3.63, 3.8) is 0 Å². The van der Waals surface area contributed by atoms with Gasteiger partial charge in [0.15, 0.2) is 0 Å². The van der Waals surface area contributed by atoms with Crippen molar-refractivity contribution >= 4 is 0 Å². The molecule has 2 nitrogen and oxygen atoms in total. The van der Waals surface area contributed by atoms with E-state index in [1.54, 1.807) is 0 Å². The fourth-order valence-corrected chi connectivity index (χ4v) is 3.01. The van der Waals surface area contributed by atoms with Gasteiger partial charge in [0.1, 0.15) is 0 Å². The molecule has 0 radical (unpaired) electrons. The number of rotatable bonds is 7. The molecule has 1 saturated heterocycles. The van der Waals surface area contributed by atoms with Gasteiger partial charge in [0, 0.05) is 12.6 Å². The van der Waals surface area contributed by atoms with Gasteiger partial charge in [0.2, 0.25) is 0 Å². The van der Waals surface area contributed by atoms with Crippen LogP contribution in [0.5, 0.6) is 0 Å². The lowest BCUT2D eigenvalue weighted by Gasteiger charge is -2.36. The van der Waals surface area contributed by atoms with Crippen LogP contribution in [0.25, 0.3) is 0 Å². The summed E-state index contributed by atoms with van der Waals surface area (Å²) in [4.78, 5) is 2.72. The summed E-state index contributed by atoms with van der Waals surface area (Å²) >= 11 is 0. The van der Waals surface area contributed by atoms with Crippen LogP contribution in [0.15, 0.2) is 0 Å². The van der Waals surface area contributed by atoms with Crippen molar-refractivity contribution in [2.24, 2.45) is 11.8 Å². The zero-order valence-corrected chi connectivity index (χ0v) is 11.8. The van der Waals surface area contributed by atoms with Crippen LogP contribution in [0, 0.1) is 11.8 Å². The van der Waals surface area contributed by atoms with Crippen LogP contribution in [-0.2, 0) is 0 Å². The summed E-state index contributed by atoms with van der Waals surface area (Å²) in [7, 11) is 0. The van der Waals surface area contributed by atoms with Gasteiger partial charge in [-0.2, -0.15) is 0 Å². The van der Waals surface area contributed by atoms with Crippen molar-refractivity contribution in [3.8, 4) is 0 Å². The summed E-state index contributed by atoms with van der Waals surface area (Å²) in [6.45, 7) is 9.86. The lowest BCUT2D eigenvalue weighted by molar-refractivity contribution is 0.148. The Morgan fingerprint density at radius 1 is 1.29 bits per heavy atom. The van der Waals surface area contributed by atoms with Crippen LogP contribution < -0.4 is 5.32 Å². The van der Waals surface area contributed by atoms with E-state index in [9.17, 15) is 0 Å². The molecule has 2 atom stereocenters. The second-order valence-corrected chi connectivity index (χ2v) is 6.18. The number of nitrogens with one attached hydrogen (secondary N) is 1. The Bertz CT molecular complexity index is 213. The predicted octanol–water partition coefficient (Wildman–Crippen LogP) is 2.89. The maximum absolute atomic E-state index is 3.67. The molecule has 2 aliphatic rings. The third-order valence-corrected chi connectivity index (χ3v) is 4.52. The fourth-order valence-electron chi connectivity index (χ4n) is 3.01. The predicted molar refractivity (Wildman–Crippen MR) is 74.3 cm³/mol. The highest BCUT2D eigenvalue weighted by atomic mass is 15.1. The van der Waals surface area contributed by atoms with Crippen molar-refractivity contribution in [1.82, 2.24) is 10.2 Å². The first-order chi connectivity index (χ1) is 8.29. The van der Waals surface area contributed by atoms with Crippen molar-refractivity contribution < 1.29 is 0 Å². The topological polar surface area (TPSA) is 15.3 Å². The standard InChI is InChI=1S/C15H30N2/c1-3-9-16-13(2)15-5-4-10-17(12-15)11-8-14-6-7-14/h13-16H,3-12H2,1-2H3. The quantitative estimate of drug-likeness (QED) is 0.733. The van der Waals surface area contributed by atoms with Gasteiger partial charge in [-0.25, -0.2) is 0 Å². The summed E-state index contributed by atoms with van der Waals surface area (Å²) in [6.07, 6.45) is 8.56. The SMILES string of the molecule is CCCNC(C)C1CCCN(CCC2CC2)C1. The van der Waals surface area contributed by atoms with E-state index in [4.69, 9.17) is 0 Å². The summed E-state index contributed by atoms with van der Waals surface area (Å²) in [5.41, 5.74) is 0. The fraction of sp³-hybridized carbons (Fsp3) is 1.00. The molecule has 0 aromatic heterocycles. The van der Waals surface area contributed by atoms with Crippen molar-refractivity contribution in [3.05, 3.63) is 0 Å². The first-order valence-corrected chi connectivity index (χ1v) is 7.75. The molecule has 2 unspecified atom stereocenters. The molecule has 0 amide bonds. The molecule has 2 fully saturated rings. The number of likely N-dealkylation sites (tertiary alicyclic amines) is 1. The number of hydrogen-bond acceptors (Lipinski definition) is 2. The van der Waals surface area contributed by atoms with Gasteiger partial charge < -0.3 is 10.2 Å². The third-order valence-electron chi connectivity index (χ3n) is 4.52. The van der Waals surface area contributed by atoms with E-state index in [0.29, 0.717) is 6.04 Å². The Labute approximate surface area is 107 Å². The van der Waals surface area contributed by atoms with Crippen LogP contribution in [0.2, 0.25) is 0 Å². The van der Waals surface area contributed by atoms with Crippen LogP contribution in [0.3, 0.4) is 0 Å². The van der Waals surface area contributed by atoms with Crippen molar-refractivity contribution in [1.29, 1.82) is 0 Å². The molecule has 1 saturated carbocycles. The molecule has 1 aliphatic heterocycles. The molecule has 17 heavy (non-hydrogen) atoms. The second kappa shape index (κ2) is 6.75. The average molecular weight is 238 g/mol. The Morgan fingerprint density at radius 2 is 2.12 bits per heavy atom. The molecule has 100 valence electrons. The molecular formula is C15H30N2. The highest BCUT2D eigenvalue weighted by Crippen LogP contribution is 2.33. The Kier molecular flexibility index (Phi) is 5.30. The first kappa shape index (κ1) is 13.4. The normalized spacial score (nSPS) is 28.2. The number of piperidine rings is 1. The zero-order chi connectivity index (χ0) is 12.1. The van der Waals surface area contributed by atoms with E-state index in [1.165, 1.54) is 64.7 Å². The maximum atomic E-state index is 3.67. The molecule has 1 aliphatic carbocycles. The average Bonchev–Trinajstić information content (AvgIpc) is 3.18. The minimum absolute atomic E-state index is 0.707. The van der Waals surface area contributed by atoms with E-state index in [1.807, 2.05) is 0 Å². The third kappa shape index (κ3) is 4.59. The number of hydrogen-bond donors (Lipinski definition) is 1. The minimum Gasteiger partial charge on any atom is -0.314 e. The summed E-state index contributed by atoms with van der Waals surface area (Å²) in [5, 5.41) is 3.67. The molecule has 0 spiro atoms. The van der Waals surface area contributed by atoms with Gasteiger partial charge in [-0.1, -0.05) is 19.8 Å². The molecule has 2 heteroatoms. The maximum Gasteiger partial charge on any atom is 0.00792 e. The Morgan fingerprint density at radius 3 is 2.82 bits per heavy atom. The lowest BCUT2D eigenvalue weighted by Crippen LogP contribution is -2.44. The van der Waals surface area contributed by atoms with E-state index < -0.39 is 0 Å². The van der Waals surface area contributed by atoms with Gasteiger partial charge in [-0.05, 0) is 64.1 Å². The van der Waals surface area contributed by atoms with E-state index in [0.717, 1.165) is 11.8 Å². The highest BCUT2D eigenvalue weighted by Gasteiger charge is 2.26. The summed E-state index contributed by atoms with van der Waals surface area (Å²) in [5.74, 6) is 1.97. The van der Waals surface area contributed by atoms with E-state index in [2.05, 4.69) is 24.1 Å².